The SMILES string of the molecule is CCOC(OCC)P(=O)(O)C(CCN)c1ccc(Cl)cc1. The smallest absolute Gasteiger partial charge is 0.262 e. The first kappa shape index (κ1) is 18.6. The van der Waals surface area contributed by atoms with Crippen LogP contribution in [0.15, 0.2) is 24.3 Å². The molecule has 0 saturated heterocycles. The zero-order valence-corrected chi connectivity index (χ0v) is 14.0. The maximum Gasteiger partial charge on any atom is 0.262 e. The van der Waals surface area contributed by atoms with Crippen molar-refractivity contribution < 1.29 is 18.9 Å². The normalized spacial score (nSPS) is 15.9. The zero-order chi connectivity index (χ0) is 15.9. The molecular formula is C14H23ClNO4P. The highest BCUT2D eigenvalue weighted by molar-refractivity contribution is 7.58. The van der Waals surface area contributed by atoms with Crippen molar-refractivity contribution >= 4 is 19.0 Å². The highest BCUT2D eigenvalue weighted by Crippen LogP contribution is 2.61. The van der Waals surface area contributed by atoms with Gasteiger partial charge in [0.1, 0.15) is 0 Å². The first-order valence-corrected chi connectivity index (χ1v) is 9.15. The fourth-order valence-electron chi connectivity index (χ4n) is 2.10. The lowest BCUT2D eigenvalue weighted by Gasteiger charge is -2.29. The van der Waals surface area contributed by atoms with E-state index in [4.69, 9.17) is 26.8 Å². The van der Waals surface area contributed by atoms with E-state index in [2.05, 4.69) is 0 Å². The molecule has 120 valence electrons. The third-order valence-corrected chi connectivity index (χ3v) is 5.67. The van der Waals surface area contributed by atoms with Gasteiger partial charge in [-0.05, 0) is 44.5 Å². The number of rotatable bonds is 9. The average molecular weight is 336 g/mol. The number of benzene rings is 1. The van der Waals surface area contributed by atoms with E-state index < -0.39 is 19.1 Å². The Labute approximate surface area is 130 Å². The molecule has 3 N–H and O–H groups in total. The summed E-state index contributed by atoms with van der Waals surface area (Å²) in [6, 6.07) is 5.72. The third-order valence-electron chi connectivity index (χ3n) is 3.06. The van der Waals surface area contributed by atoms with E-state index in [0.717, 1.165) is 0 Å². The van der Waals surface area contributed by atoms with Gasteiger partial charge in [-0.15, -0.1) is 0 Å². The maximum absolute atomic E-state index is 12.9. The fourth-order valence-corrected chi connectivity index (χ4v) is 4.37. The molecule has 0 saturated carbocycles. The molecular weight excluding hydrogens is 313 g/mol. The van der Waals surface area contributed by atoms with Crippen molar-refractivity contribution in [1.82, 2.24) is 0 Å². The van der Waals surface area contributed by atoms with Crippen molar-refractivity contribution in [3.8, 4) is 0 Å². The number of nitrogens with two attached hydrogens (primary N) is 1. The minimum Gasteiger partial charge on any atom is -0.345 e. The highest BCUT2D eigenvalue weighted by Gasteiger charge is 2.41. The number of hydrogen-bond donors (Lipinski definition) is 2. The first-order chi connectivity index (χ1) is 9.97. The topological polar surface area (TPSA) is 81.8 Å². The Kier molecular flexibility index (Phi) is 7.88. The second-order valence-corrected chi connectivity index (χ2v) is 7.36. The molecule has 2 unspecified atom stereocenters. The van der Waals surface area contributed by atoms with Crippen LogP contribution >= 0.6 is 19.0 Å². The molecule has 0 aliphatic heterocycles. The van der Waals surface area contributed by atoms with Crippen molar-refractivity contribution in [2.45, 2.75) is 32.0 Å². The summed E-state index contributed by atoms with van der Waals surface area (Å²) in [5, 5.41) is 0.573. The Morgan fingerprint density at radius 3 is 2.19 bits per heavy atom. The molecule has 0 fully saturated rings. The lowest BCUT2D eigenvalue weighted by atomic mass is 10.1. The lowest BCUT2D eigenvalue weighted by molar-refractivity contribution is -0.0880. The van der Waals surface area contributed by atoms with Crippen LogP contribution in [-0.2, 0) is 14.0 Å². The molecule has 0 aliphatic rings. The molecule has 0 radical (unpaired) electrons. The Bertz CT molecular complexity index is 463. The summed E-state index contributed by atoms with van der Waals surface area (Å²) >= 11 is 5.86. The van der Waals surface area contributed by atoms with Crippen LogP contribution in [0.5, 0.6) is 0 Å². The van der Waals surface area contributed by atoms with E-state index in [1.807, 2.05) is 0 Å². The van der Waals surface area contributed by atoms with Crippen LogP contribution in [0.1, 0.15) is 31.5 Å². The molecule has 0 heterocycles. The van der Waals surface area contributed by atoms with E-state index in [0.29, 0.717) is 36.8 Å². The molecule has 2 atom stereocenters. The summed E-state index contributed by atoms with van der Waals surface area (Å²) in [5.74, 6) is 0. The van der Waals surface area contributed by atoms with Crippen LogP contribution in [0.25, 0.3) is 0 Å². The third kappa shape index (κ3) is 5.06. The molecule has 0 spiro atoms. The van der Waals surface area contributed by atoms with Gasteiger partial charge in [0.05, 0.1) is 5.66 Å². The first-order valence-electron chi connectivity index (χ1n) is 6.98. The van der Waals surface area contributed by atoms with Crippen molar-refractivity contribution in [3.05, 3.63) is 34.9 Å². The average Bonchev–Trinajstić information content (AvgIpc) is 2.45. The van der Waals surface area contributed by atoms with Gasteiger partial charge in [0, 0.05) is 18.2 Å². The standard InChI is InChI=1S/C14H23ClNO4P/c1-3-19-14(20-4-2)21(17,18)13(9-10-16)11-5-7-12(15)8-6-11/h5-8,13-14H,3-4,9-10,16H2,1-2H3,(H,17,18). The highest BCUT2D eigenvalue weighted by atomic mass is 35.5. The van der Waals surface area contributed by atoms with Crippen molar-refractivity contribution in [3.63, 3.8) is 0 Å². The molecule has 1 aromatic carbocycles. The summed E-state index contributed by atoms with van der Waals surface area (Å²) in [4.78, 5) is 10.6. The van der Waals surface area contributed by atoms with Crippen molar-refractivity contribution in [2.75, 3.05) is 19.8 Å². The molecule has 0 aromatic heterocycles. The van der Waals surface area contributed by atoms with Gasteiger partial charge in [-0.2, -0.15) is 0 Å². The summed E-state index contributed by atoms with van der Waals surface area (Å²) in [6.07, 6.45) is 0.367. The number of ether oxygens (including phenoxy) is 2. The van der Waals surface area contributed by atoms with Crippen LogP contribution in [0.3, 0.4) is 0 Å². The van der Waals surface area contributed by atoms with Crippen LogP contribution in [0.2, 0.25) is 5.02 Å². The van der Waals surface area contributed by atoms with Crippen LogP contribution in [0, 0.1) is 0 Å². The Balaban J connectivity index is 3.11. The molecule has 5 nitrogen and oxygen atoms in total. The maximum atomic E-state index is 12.9. The molecule has 7 heteroatoms. The monoisotopic (exact) mass is 335 g/mol. The summed E-state index contributed by atoms with van der Waals surface area (Å²) in [7, 11) is -3.77. The molecule has 1 aromatic rings. The van der Waals surface area contributed by atoms with Gasteiger partial charge in [0.2, 0.25) is 6.03 Å². The van der Waals surface area contributed by atoms with E-state index in [-0.39, 0.29) is 0 Å². The van der Waals surface area contributed by atoms with E-state index in [1.54, 1.807) is 38.1 Å². The van der Waals surface area contributed by atoms with Crippen molar-refractivity contribution in [2.24, 2.45) is 5.73 Å². The lowest BCUT2D eigenvalue weighted by Crippen LogP contribution is -2.22. The van der Waals surface area contributed by atoms with Gasteiger partial charge in [0.15, 0.2) is 0 Å². The van der Waals surface area contributed by atoms with Gasteiger partial charge in [-0.1, -0.05) is 23.7 Å². The molecule has 1 rings (SSSR count). The van der Waals surface area contributed by atoms with Crippen LogP contribution < -0.4 is 5.73 Å². The molecule has 0 bridgehead atoms. The van der Waals surface area contributed by atoms with Gasteiger partial charge >= 0.3 is 0 Å². The second kappa shape index (κ2) is 8.89. The molecule has 0 aliphatic carbocycles. The van der Waals surface area contributed by atoms with Gasteiger partial charge in [-0.25, -0.2) is 0 Å². The summed E-state index contributed by atoms with van der Waals surface area (Å²) < 4.78 is 23.5. The van der Waals surface area contributed by atoms with E-state index >= 15 is 0 Å². The summed E-state index contributed by atoms with van der Waals surface area (Å²) in [5.41, 5.74) is 5.67. The van der Waals surface area contributed by atoms with Gasteiger partial charge < -0.3 is 20.1 Å². The van der Waals surface area contributed by atoms with E-state index in [1.165, 1.54) is 0 Å². The Morgan fingerprint density at radius 2 is 1.76 bits per heavy atom. The fraction of sp³-hybridized carbons (Fsp3) is 0.571. The van der Waals surface area contributed by atoms with Gasteiger partial charge in [-0.3, -0.25) is 4.57 Å². The zero-order valence-electron chi connectivity index (χ0n) is 12.4. The Morgan fingerprint density at radius 1 is 1.24 bits per heavy atom. The quantitative estimate of drug-likeness (QED) is 0.534. The van der Waals surface area contributed by atoms with Crippen LogP contribution in [-0.4, -0.2) is 30.7 Å². The van der Waals surface area contributed by atoms with E-state index in [9.17, 15) is 9.46 Å². The minimum atomic E-state index is -3.77. The second-order valence-electron chi connectivity index (χ2n) is 4.53. The van der Waals surface area contributed by atoms with Crippen molar-refractivity contribution in [1.29, 1.82) is 0 Å². The molecule has 0 amide bonds. The largest absolute Gasteiger partial charge is 0.345 e. The Hall–Kier alpha value is -0.420. The number of halogens is 1. The predicted molar refractivity (Wildman–Crippen MR) is 84.7 cm³/mol. The number of hydrogen-bond acceptors (Lipinski definition) is 4. The minimum absolute atomic E-state index is 0.294. The summed E-state index contributed by atoms with van der Waals surface area (Å²) in [6.45, 7) is 4.40. The van der Waals surface area contributed by atoms with Crippen LogP contribution in [0.4, 0.5) is 0 Å². The van der Waals surface area contributed by atoms with Gasteiger partial charge in [0.25, 0.3) is 7.37 Å². The predicted octanol–water partition coefficient (Wildman–Crippen LogP) is 3.36. The molecule has 21 heavy (non-hydrogen) atoms.